The van der Waals surface area contributed by atoms with Crippen LogP contribution < -0.4 is 38.2 Å². The summed E-state index contributed by atoms with van der Waals surface area (Å²) in [5, 5.41) is 19.7. The molecule has 282 valence electrons. The lowest BCUT2D eigenvalue weighted by atomic mass is 9.90. The molecule has 0 saturated heterocycles. The minimum absolute atomic E-state index is 0.517. The van der Waals surface area contributed by atoms with Crippen molar-refractivity contribution in [3.05, 3.63) is 145 Å². The molecule has 2 heterocycles. The Morgan fingerprint density at radius 3 is 1.17 bits per heavy atom. The normalized spacial score (nSPS) is 12.0. The second-order valence-electron chi connectivity index (χ2n) is 13.4. The highest BCUT2D eigenvalue weighted by Crippen LogP contribution is 2.61. The molecule has 0 aromatic heterocycles. The van der Waals surface area contributed by atoms with E-state index in [-0.39, 0.29) is 0 Å². The molecule has 9 rings (SSSR count). The lowest BCUT2D eigenvalue weighted by molar-refractivity contribution is 0.410. The van der Waals surface area contributed by atoms with Crippen molar-refractivity contribution in [1.29, 1.82) is 10.5 Å². The summed E-state index contributed by atoms with van der Waals surface area (Å²) in [7, 11) is 6.53. The number of benzene rings is 7. The SMILES string of the molecule is COc1ccc2c(c1)N(c1ccc(-c3ccc(C#N)cc3)c(N3c4cc(OC)ccc4Oc4ccc(OC)cc43)c1-c1ccc(C#N)cc1)c1cc(OC)ccc1O2. The number of anilines is 6. The van der Waals surface area contributed by atoms with Crippen LogP contribution in [0.1, 0.15) is 11.1 Å². The third kappa shape index (κ3) is 5.97. The minimum atomic E-state index is 0.517. The Labute approximate surface area is 335 Å². The molecule has 0 amide bonds. The van der Waals surface area contributed by atoms with Crippen LogP contribution in [0.15, 0.2) is 133 Å². The van der Waals surface area contributed by atoms with Crippen molar-refractivity contribution in [3.8, 4) is 80.4 Å². The van der Waals surface area contributed by atoms with E-state index in [0.29, 0.717) is 68.5 Å². The van der Waals surface area contributed by atoms with Crippen molar-refractivity contribution < 1.29 is 28.4 Å². The van der Waals surface area contributed by atoms with E-state index < -0.39 is 0 Å². The first-order valence-electron chi connectivity index (χ1n) is 18.3. The van der Waals surface area contributed by atoms with E-state index in [1.807, 2.05) is 121 Å². The summed E-state index contributed by atoms with van der Waals surface area (Å²) in [5.41, 5.74) is 8.85. The molecule has 0 atom stereocenters. The fourth-order valence-corrected chi connectivity index (χ4v) is 7.49. The predicted molar refractivity (Wildman–Crippen MR) is 222 cm³/mol. The third-order valence-electron chi connectivity index (χ3n) is 10.3. The molecule has 7 aromatic rings. The molecule has 2 aliphatic rings. The van der Waals surface area contributed by atoms with Gasteiger partial charge < -0.3 is 38.2 Å². The van der Waals surface area contributed by atoms with Gasteiger partial charge in [0.1, 0.15) is 23.0 Å². The molecular formula is C48H34N4O6. The molecule has 0 bridgehead atoms. The number of fused-ring (bicyclic) bond motifs is 4. The number of ether oxygens (including phenoxy) is 6. The van der Waals surface area contributed by atoms with E-state index in [0.717, 1.165) is 45.0 Å². The Kier molecular flexibility index (Phi) is 8.92. The van der Waals surface area contributed by atoms with Crippen molar-refractivity contribution in [2.45, 2.75) is 0 Å². The van der Waals surface area contributed by atoms with Gasteiger partial charge in [0.15, 0.2) is 23.0 Å². The Bertz CT molecular complexity index is 2720. The molecule has 0 N–H and O–H groups in total. The first kappa shape index (κ1) is 35.6. The maximum atomic E-state index is 9.92. The number of hydrogen-bond acceptors (Lipinski definition) is 10. The standard InChI is InChI=1S/C48H34N4O6/c1-53-33-13-19-43-39(23-33)51(40-24-34(54-2)14-20-44(40)57-43)38-18-17-37(31-9-5-29(27-49)6-10-31)48(47(38)32-11-7-30(28-50)8-12-32)52-41-25-35(55-3)15-21-45(41)58-46-22-16-36(56-4)26-42(46)52/h5-26H,1-4H3. The molecule has 58 heavy (non-hydrogen) atoms. The second-order valence-corrected chi connectivity index (χ2v) is 13.4. The Morgan fingerprint density at radius 1 is 0.414 bits per heavy atom. The van der Waals surface area contributed by atoms with E-state index in [1.165, 1.54) is 0 Å². The molecule has 0 radical (unpaired) electrons. The van der Waals surface area contributed by atoms with Crippen LogP contribution in [0.5, 0.6) is 46.0 Å². The number of methoxy groups -OCH3 is 4. The van der Waals surface area contributed by atoms with Crippen molar-refractivity contribution in [3.63, 3.8) is 0 Å². The van der Waals surface area contributed by atoms with Gasteiger partial charge in [-0.25, -0.2) is 0 Å². The van der Waals surface area contributed by atoms with Gasteiger partial charge in [-0.15, -0.1) is 0 Å². The summed E-state index contributed by atoms with van der Waals surface area (Å²) in [6, 6.07) is 46.6. The number of nitrogens with zero attached hydrogens (tertiary/aromatic N) is 4. The van der Waals surface area contributed by atoms with Crippen LogP contribution in [0.3, 0.4) is 0 Å². The molecule has 2 aliphatic heterocycles. The van der Waals surface area contributed by atoms with Crippen molar-refractivity contribution in [2.24, 2.45) is 0 Å². The summed E-state index contributed by atoms with van der Waals surface area (Å²) in [5.74, 6) is 5.01. The highest BCUT2D eigenvalue weighted by atomic mass is 16.5. The number of nitriles is 2. The molecule has 7 aromatic carbocycles. The van der Waals surface area contributed by atoms with Gasteiger partial charge in [0.2, 0.25) is 0 Å². The summed E-state index contributed by atoms with van der Waals surface area (Å²) in [6.07, 6.45) is 0. The Morgan fingerprint density at radius 2 is 0.793 bits per heavy atom. The molecule has 0 fully saturated rings. The predicted octanol–water partition coefficient (Wildman–Crippen LogP) is 11.9. The summed E-state index contributed by atoms with van der Waals surface area (Å²) in [4.78, 5) is 4.32. The largest absolute Gasteiger partial charge is 0.497 e. The smallest absolute Gasteiger partial charge is 0.151 e. The monoisotopic (exact) mass is 762 g/mol. The first-order valence-corrected chi connectivity index (χ1v) is 18.3. The first-order chi connectivity index (χ1) is 28.4. The van der Waals surface area contributed by atoms with Gasteiger partial charge in [-0.1, -0.05) is 30.3 Å². The van der Waals surface area contributed by atoms with Crippen molar-refractivity contribution in [2.75, 3.05) is 38.2 Å². The van der Waals surface area contributed by atoms with Gasteiger partial charge in [0.25, 0.3) is 0 Å². The Balaban J connectivity index is 1.46. The fraction of sp³-hybridized carbons (Fsp3) is 0.0833. The third-order valence-corrected chi connectivity index (χ3v) is 10.3. The van der Waals surface area contributed by atoms with Gasteiger partial charge in [-0.05, 0) is 90.0 Å². The highest BCUT2D eigenvalue weighted by molar-refractivity contribution is 6.07. The fourth-order valence-electron chi connectivity index (χ4n) is 7.49. The van der Waals surface area contributed by atoms with Crippen LogP contribution in [-0.2, 0) is 0 Å². The van der Waals surface area contributed by atoms with Crippen LogP contribution in [0.4, 0.5) is 34.1 Å². The zero-order chi connectivity index (χ0) is 39.9. The molecular weight excluding hydrogens is 729 g/mol. The summed E-state index contributed by atoms with van der Waals surface area (Å²) in [6.45, 7) is 0. The van der Waals surface area contributed by atoms with Crippen LogP contribution in [-0.4, -0.2) is 28.4 Å². The van der Waals surface area contributed by atoms with Crippen LogP contribution in [0.25, 0.3) is 22.3 Å². The molecule has 0 aliphatic carbocycles. The van der Waals surface area contributed by atoms with Crippen LogP contribution in [0.2, 0.25) is 0 Å². The van der Waals surface area contributed by atoms with Gasteiger partial charge in [-0.2, -0.15) is 10.5 Å². The second kappa shape index (κ2) is 14.5. The molecule has 10 nitrogen and oxygen atoms in total. The molecule has 0 unspecified atom stereocenters. The van der Waals surface area contributed by atoms with E-state index in [1.54, 1.807) is 28.4 Å². The van der Waals surface area contributed by atoms with E-state index in [2.05, 4.69) is 34.1 Å². The lowest BCUT2D eigenvalue weighted by Gasteiger charge is -2.39. The number of rotatable bonds is 8. The topological polar surface area (TPSA) is 109 Å². The van der Waals surface area contributed by atoms with Crippen molar-refractivity contribution >= 4 is 34.1 Å². The van der Waals surface area contributed by atoms with E-state index >= 15 is 0 Å². The molecule has 10 heteroatoms. The molecule has 0 saturated carbocycles. The summed E-state index contributed by atoms with van der Waals surface area (Å²) >= 11 is 0. The minimum Gasteiger partial charge on any atom is -0.497 e. The van der Waals surface area contributed by atoms with E-state index in [9.17, 15) is 10.5 Å². The van der Waals surface area contributed by atoms with Crippen LogP contribution >= 0.6 is 0 Å². The van der Waals surface area contributed by atoms with Crippen LogP contribution in [0, 0.1) is 22.7 Å². The molecule has 0 spiro atoms. The maximum Gasteiger partial charge on any atom is 0.151 e. The quantitative estimate of drug-likeness (QED) is 0.148. The average molecular weight is 763 g/mol. The van der Waals surface area contributed by atoms with Gasteiger partial charge in [-0.3, -0.25) is 0 Å². The average Bonchev–Trinajstić information content (AvgIpc) is 3.29. The number of hydrogen-bond donors (Lipinski definition) is 0. The highest BCUT2D eigenvalue weighted by Gasteiger charge is 2.35. The zero-order valence-corrected chi connectivity index (χ0v) is 31.9. The van der Waals surface area contributed by atoms with Gasteiger partial charge in [0.05, 0.1) is 85.8 Å². The lowest BCUT2D eigenvalue weighted by Crippen LogP contribution is -2.21. The zero-order valence-electron chi connectivity index (χ0n) is 31.9. The Hall–Kier alpha value is -8.08. The van der Waals surface area contributed by atoms with Crippen molar-refractivity contribution in [1.82, 2.24) is 0 Å². The van der Waals surface area contributed by atoms with E-state index in [4.69, 9.17) is 28.4 Å². The van der Waals surface area contributed by atoms with Gasteiger partial charge in [0, 0.05) is 35.4 Å². The summed E-state index contributed by atoms with van der Waals surface area (Å²) < 4.78 is 36.3. The van der Waals surface area contributed by atoms with Gasteiger partial charge >= 0.3 is 0 Å². The maximum absolute atomic E-state index is 9.92.